The second-order valence-corrected chi connectivity index (χ2v) is 3.02. The zero-order valence-corrected chi connectivity index (χ0v) is 8.67. The highest BCUT2D eigenvalue weighted by Gasteiger charge is 2.38. The molecule has 1 aromatic carbocycles. The zero-order chi connectivity index (χ0) is 11.3. The molecule has 1 rings (SSSR count). The fraction of sp³-hybridized carbons (Fsp3) is 0.400. The van der Waals surface area contributed by atoms with Gasteiger partial charge in [-0.05, 0) is 0 Å². The van der Waals surface area contributed by atoms with Crippen LogP contribution in [0.4, 0.5) is 0 Å². The van der Waals surface area contributed by atoms with Crippen LogP contribution in [0, 0.1) is 10.1 Å². The van der Waals surface area contributed by atoms with Gasteiger partial charge in [0.25, 0.3) is 12.3 Å². The summed E-state index contributed by atoms with van der Waals surface area (Å²) in [5.41, 5.74) is 0.631. The lowest BCUT2D eigenvalue weighted by Crippen LogP contribution is -2.38. The van der Waals surface area contributed by atoms with Crippen LogP contribution in [0.25, 0.3) is 0 Å². The van der Waals surface area contributed by atoms with Crippen molar-refractivity contribution >= 4 is 0 Å². The van der Waals surface area contributed by atoms with Gasteiger partial charge in [-0.1, -0.05) is 30.3 Å². The van der Waals surface area contributed by atoms with Gasteiger partial charge in [0.2, 0.25) is 0 Å². The Labute approximate surface area is 87.8 Å². The van der Waals surface area contributed by atoms with Crippen molar-refractivity contribution in [2.24, 2.45) is 0 Å². The van der Waals surface area contributed by atoms with Gasteiger partial charge >= 0.3 is 0 Å². The van der Waals surface area contributed by atoms with Gasteiger partial charge in [-0.2, -0.15) is 0 Å². The monoisotopic (exact) mass is 211 g/mol. The number of benzene rings is 1. The number of hydrogen-bond donors (Lipinski definition) is 0. The van der Waals surface area contributed by atoms with E-state index >= 15 is 0 Å². The van der Waals surface area contributed by atoms with Crippen LogP contribution < -0.4 is 0 Å². The molecule has 82 valence electrons. The Kier molecular flexibility index (Phi) is 3.76. The molecule has 0 amide bonds. The first-order valence-electron chi connectivity index (χ1n) is 4.42. The summed E-state index contributed by atoms with van der Waals surface area (Å²) in [5, 5.41) is 10.6. The second-order valence-electron chi connectivity index (χ2n) is 3.02. The predicted octanol–water partition coefficient (Wildman–Crippen LogP) is 1.41. The minimum Gasteiger partial charge on any atom is -0.344 e. The van der Waals surface area contributed by atoms with Crippen LogP contribution in [0.5, 0.6) is 0 Å². The SMILES string of the molecule is COC(C[N+](=O)[O-])(OC)c1ccccc1. The van der Waals surface area contributed by atoms with Gasteiger partial charge in [0.15, 0.2) is 0 Å². The summed E-state index contributed by atoms with van der Waals surface area (Å²) >= 11 is 0. The molecule has 0 aromatic heterocycles. The lowest BCUT2D eigenvalue weighted by Gasteiger charge is -2.26. The summed E-state index contributed by atoms with van der Waals surface area (Å²) in [4.78, 5) is 10.1. The minimum absolute atomic E-state index is 0.427. The summed E-state index contributed by atoms with van der Waals surface area (Å²) in [6.07, 6.45) is 0. The summed E-state index contributed by atoms with van der Waals surface area (Å²) in [5.74, 6) is -1.30. The standard InChI is InChI=1S/C10H13NO4/c1-14-10(15-2,8-11(12)13)9-6-4-3-5-7-9/h3-7H,8H2,1-2H3. The molecule has 5 nitrogen and oxygen atoms in total. The van der Waals surface area contributed by atoms with E-state index < -0.39 is 17.3 Å². The van der Waals surface area contributed by atoms with E-state index in [1.807, 2.05) is 6.07 Å². The first-order valence-corrected chi connectivity index (χ1v) is 4.42. The van der Waals surface area contributed by atoms with Gasteiger partial charge in [0.1, 0.15) is 0 Å². The third-order valence-electron chi connectivity index (χ3n) is 2.21. The Hall–Kier alpha value is -1.46. The van der Waals surface area contributed by atoms with Crippen molar-refractivity contribution in [3.05, 3.63) is 46.0 Å². The quantitative estimate of drug-likeness (QED) is 0.419. The molecule has 0 saturated heterocycles. The minimum atomic E-state index is -1.30. The van der Waals surface area contributed by atoms with Crippen molar-refractivity contribution in [3.63, 3.8) is 0 Å². The smallest absolute Gasteiger partial charge is 0.261 e. The largest absolute Gasteiger partial charge is 0.344 e. The maximum Gasteiger partial charge on any atom is 0.261 e. The number of methoxy groups -OCH3 is 2. The fourth-order valence-electron chi connectivity index (χ4n) is 1.40. The van der Waals surface area contributed by atoms with E-state index in [0.717, 1.165) is 0 Å². The van der Waals surface area contributed by atoms with Crippen molar-refractivity contribution in [2.75, 3.05) is 20.8 Å². The van der Waals surface area contributed by atoms with Crippen LogP contribution in [0.1, 0.15) is 5.56 Å². The van der Waals surface area contributed by atoms with Crippen LogP contribution in [0.15, 0.2) is 30.3 Å². The lowest BCUT2D eigenvalue weighted by molar-refractivity contribution is -0.524. The molecule has 0 N–H and O–H groups in total. The predicted molar refractivity (Wildman–Crippen MR) is 54.0 cm³/mol. The van der Waals surface area contributed by atoms with E-state index in [2.05, 4.69) is 0 Å². The molecule has 15 heavy (non-hydrogen) atoms. The van der Waals surface area contributed by atoms with Gasteiger partial charge in [-0.3, -0.25) is 10.1 Å². The van der Waals surface area contributed by atoms with Crippen LogP contribution in [-0.4, -0.2) is 25.7 Å². The van der Waals surface area contributed by atoms with Gasteiger partial charge in [0, 0.05) is 24.7 Å². The Balaban J connectivity index is 3.05. The van der Waals surface area contributed by atoms with Crippen molar-refractivity contribution in [1.82, 2.24) is 0 Å². The van der Waals surface area contributed by atoms with E-state index in [1.165, 1.54) is 14.2 Å². The number of hydrogen-bond acceptors (Lipinski definition) is 4. The molecule has 0 atom stereocenters. The van der Waals surface area contributed by atoms with E-state index in [1.54, 1.807) is 24.3 Å². The Morgan fingerprint density at radius 3 is 2.20 bits per heavy atom. The third-order valence-corrected chi connectivity index (χ3v) is 2.21. The molecule has 0 spiro atoms. The zero-order valence-electron chi connectivity index (χ0n) is 8.67. The normalized spacial score (nSPS) is 11.3. The molecular weight excluding hydrogens is 198 g/mol. The van der Waals surface area contributed by atoms with Crippen LogP contribution in [0.2, 0.25) is 0 Å². The molecule has 0 aliphatic carbocycles. The van der Waals surface area contributed by atoms with Crippen LogP contribution >= 0.6 is 0 Å². The van der Waals surface area contributed by atoms with Gasteiger partial charge in [-0.25, -0.2) is 0 Å². The molecule has 1 aromatic rings. The van der Waals surface area contributed by atoms with Crippen molar-refractivity contribution in [1.29, 1.82) is 0 Å². The lowest BCUT2D eigenvalue weighted by atomic mass is 10.1. The molecule has 0 aliphatic rings. The van der Waals surface area contributed by atoms with Crippen molar-refractivity contribution in [2.45, 2.75) is 5.79 Å². The van der Waals surface area contributed by atoms with E-state index in [0.29, 0.717) is 5.56 Å². The Morgan fingerprint density at radius 2 is 1.80 bits per heavy atom. The van der Waals surface area contributed by atoms with Crippen molar-refractivity contribution < 1.29 is 14.4 Å². The molecule has 0 bridgehead atoms. The molecular formula is C10H13NO4. The van der Waals surface area contributed by atoms with E-state index in [4.69, 9.17) is 9.47 Å². The first kappa shape index (κ1) is 11.6. The molecule has 0 fully saturated rings. The van der Waals surface area contributed by atoms with E-state index in [-0.39, 0.29) is 0 Å². The Bertz CT molecular complexity index is 321. The van der Waals surface area contributed by atoms with Crippen LogP contribution in [0.3, 0.4) is 0 Å². The third kappa shape index (κ3) is 2.51. The van der Waals surface area contributed by atoms with Crippen molar-refractivity contribution in [3.8, 4) is 0 Å². The molecule has 0 radical (unpaired) electrons. The average molecular weight is 211 g/mol. The second kappa shape index (κ2) is 4.86. The topological polar surface area (TPSA) is 61.6 Å². The summed E-state index contributed by atoms with van der Waals surface area (Å²) in [6.45, 7) is -0.427. The molecule has 0 unspecified atom stereocenters. The highest BCUT2D eigenvalue weighted by Crippen LogP contribution is 2.25. The van der Waals surface area contributed by atoms with Crippen LogP contribution in [-0.2, 0) is 15.3 Å². The van der Waals surface area contributed by atoms with Gasteiger partial charge in [-0.15, -0.1) is 0 Å². The Morgan fingerprint density at radius 1 is 1.27 bits per heavy atom. The summed E-state index contributed by atoms with van der Waals surface area (Å²) < 4.78 is 10.2. The van der Waals surface area contributed by atoms with Gasteiger partial charge < -0.3 is 9.47 Å². The maximum atomic E-state index is 10.6. The first-order chi connectivity index (χ1) is 7.14. The van der Waals surface area contributed by atoms with Gasteiger partial charge in [0.05, 0.1) is 0 Å². The number of nitrogens with zero attached hydrogens (tertiary/aromatic N) is 1. The van der Waals surface area contributed by atoms with E-state index in [9.17, 15) is 10.1 Å². The fourth-order valence-corrected chi connectivity index (χ4v) is 1.40. The number of rotatable bonds is 5. The number of ether oxygens (including phenoxy) is 2. The number of nitro groups is 1. The molecule has 0 saturated carbocycles. The molecule has 5 heteroatoms. The maximum absolute atomic E-state index is 10.6. The highest BCUT2D eigenvalue weighted by atomic mass is 16.7. The summed E-state index contributed by atoms with van der Waals surface area (Å²) in [7, 11) is 2.78. The summed E-state index contributed by atoms with van der Waals surface area (Å²) in [6, 6.07) is 8.85. The highest BCUT2D eigenvalue weighted by molar-refractivity contribution is 5.20. The molecule has 0 heterocycles. The molecule has 0 aliphatic heterocycles. The average Bonchev–Trinajstić information content (AvgIpc) is 2.27.